The van der Waals surface area contributed by atoms with Crippen molar-refractivity contribution < 1.29 is 9.84 Å². The summed E-state index contributed by atoms with van der Waals surface area (Å²) in [6, 6.07) is 8.13. The average Bonchev–Trinajstić information content (AvgIpc) is 2.35. The number of unbranched alkanes of at least 4 members (excludes halogenated alkanes) is 1. The van der Waals surface area contributed by atoms with Crippen molar-refractivity contribution >= 4 is 0 Å². The predicted molar refractivity (Wildman–Crippen MR) is 74.9 cm³/mol. The molecule has 0 radical (unpaired) electrons. The highest BCUT2D eigenvalue weighted by Gasteiger charge is 2.05. The maximum atomic E-state index is 9.19. The maximum absolute atomic E-state index is 9.19. The molecule has 0 fully saturated rings. The quantitative estimate of drug-likeness (QED) is 0.721. The number of hydrogen-bond donors (Lipinski definition) is 1. The smallest absolute Gasteiger partial charge is 0.123 e. The van der Waals surface area contributed by atoms with Crippen molar-refractivity contribution in [1.82, 2.24) is 4.90 Å². The van der Waals surface area contributed by atoms with Crippen molar-refractivity contribution in [3.8, 4) is 5.75 Å². The van der Waals surface area contributed by atoms with E-state index in [0.717, 1.165) is 38.1 Å². The predicted octanol–water partition coefficient (Wildman–Crippen LogP) is 2.68. The molecule has 1 aromatic rings. The minimum atomic E-state index is -0.176. The van der Waals surface area contributed by atoms with Gasteiger partial charge in [-0.1, -0.05) is 18.2 Å². The Morgan fingerprint density at radius 3 is 2.67 bits per heavy atom. The van der Waals surface area contributed by atoms with Crippen LogP contribution in [0.3, 0.4) is 0 Å². The van der Waals surface area contributed by atoms with Gasteiger partial charge < -0.3 is 14.7 Å². The molecule has 1 rings (SSSR count). The topological polar surface area (TPSA) is 32.7 Å². The number of para-hydroxylation sites is 1. The Kier molecular flexibility index (Phi) is 6.76. The van der Waals surface area contributed by atoms with Crippen LogP contribution < -0.4 is 4.74 Å². The molecule has 18 heavy (non-hydrogen) atoms. The Hall–Kier alpha value is -1.06. The largest absolute Gasteiger partial charge is 0.496 e. The number of benzene rings is 1. The summed E-state index contributed by atoms with van der Waals surface area (Å²) in [5, 5.41) is 9.19. The van der Waals surface area contributed by atoms with Crippen LogP contribution in [0.5, 0.6) is 5.75 Å². The number of aliphatic hydroxyl groups is 1. The van der Waals surface area contributed by atoms with E-state index in [1.165, 1.54) is 5.56 Å². The van der Waals surface area contributed by atoms with Gasteiger partial charge in [-0.2, -0.15) is 0 Å². The summed E-state index contributed by atoms with van der Waals surface area (Å²) in [6.07, 6.45) is 2.91. The summed E-state index contributed by atoms with van der Waals surface area (Å²) in [5.41, 5.74) is 1.22. The summed E-state index contributed by atoms with van der Waals surface area (Å²) in [5.74, 6) is 0.952. The van der Waals surface area contributed by atoms with E-state index < -0.39 is 0 Å². The van der Waals surface area contributed by atoms with Crippen LogP contribution in [0.2, 0.25) is 0 Å². The Bertz CT molecular complexity index is 339. The lowest BCUT2D eigenvalue weighted by molar-refractivity contribution is 0.178. The lowest BCUT2D eigenvalue weighted by Crippen LogP contribution is -2.19. The molecule has 0 aliphatic heterocycles. The fourth-order valence-electron chi connectivity index (χ4n) is 2.02. The van der Waals surface area contributed by atoms with Crippen LogP contribution in [0.4, 0.5) is 0 Å². The van der Waals surface area contributed by atoms with E-state index in [4.69, 9.17) is 4.74 Å². The molecule has 0 aromatic heterocycles. The average molecular weight is 251 g/mol. The van der Waals surface area contributed by atoms with Crippen molar-refractivity contribution in [1.29, 1.82) is 0 Å². The summed E-state index contributed by atoms with van der Waals surface area (Å²) in [6.45, 7) is 3.79. The van der Waals surface area contributed by atoms with Crippen molar-refractivity contribution in [3.63, 3.8) is 0 Å². The van der Waals surface area contributed by atoms with Gasteiger partial charge in [0.1, 0.15) is 5.75 Å². The minimum Gasteiger partial charge on any atom is -0.496 e. The first-order chi connectivity index (χ1) is 8.63. The number of ether oxygens (including phenoxy) is 1. The first kappa shape index (κ1) is 15.0. The fraction of sp³-hybridized carbons (Fsp3) is 0.600. The van der Waals surface area contributed by atoms with Gasteiger partial charge in [0.2, 0.25) is 0 Å². The second-order valence-electron chi connectivity index (χ2n) is 4.89. The number of nitrogens with zero attached hydrogens (tertiary/aromatic N) is 1. The van der Waals surface area contributed by atoms with Crippen LogP contribution in [-0.2, 0) is 6.54 Å². The Morgan fingerprint density at radius 2 is 2.00 bits per heavy atom. The summed E-state index contributed by atoms with van der Waals surface area (Å²) in [7, 11) is 3.83. The third-order valence-corrected chi connectivity index (χ3v) is 3.04. The molecule has 0 amide bonds. The highest BCUT2D eigenvalue weighted by molar-refractivity contribution is 5.32. The zero-order valence-electron chi connectivity index (χ0n) is 11.7. The molecule has 0 aliphatic rings. The molecule has 1 N–H and O–H groups in total. The molecule has 0 saturated heterocycles. The number of rotatable bonds is 8. The summed E-state index contributed by atoms with van der Waals surface area (Å²) in [4.78, 5) is 2.29. The van der Waals surface area contributed by atoms with Gasteiger partial charge in [0.15, 0.2) is 0 Å². The second-order valence-corrected chi connectivity index (χ2v) is 4.89. The molecule has 1 aromatic carbocycles. The molecule has 1 atom stereocenters. The van der Waals surface area contributed by atoms with Gasteiger partial charge in [-0.25, -0.2) is 0 Å². The molecule has 0 heterocycles. The van der Waals surface area contributed by atoms with Crippen LogP contribution in [0.1, 0.15) is 31.7 Å². The van der Waals surface area contributed by atoms with E-state index >= 15 is 0 Å². The number of hydrogen-bond acceptors (Lipinski definition) is 3. The Balaban J connectivity index is 2.33. The molecule has 0 spiro atoms. The minimum absolute atomic E-state index is 0.176. The molecular formula is C15H25NO2. The molecule has 0 aliphatic carbocycles. The van der Waals surface area contributed by atoms with Crippen LogP contribution in [0, 0.1) is 0 Å². The zero-order valence-corrected chi connectivity index (χ0v) is 11.7. The number of aliphatic hydroxyl groups excluding tert-OH is 1. The van der Waals surface area contributed by atoms with E-state index in [-0.39, 0.29) is 6.10 Å². The molecule has 3 heteroatoms. The monoisotopic (exact) mass is 251 g/mol. The van der Waals surface area contributed by atoms with Gasteiger partial charge in [-0.3, -0.25) is 0 Å². The zero-order chi connectivity index (χ0) is 13.4. The van der Waals surface area contributed by atoms with Crippen molar-refractivity contribution in [2.24, 2.45) is 0 Å². The van der Waals surface area contributed by atoms with Gasteiger partial charge >= 0.3 is 0 Å². The first-order valence-electron chi connectivity index (χ1n) is 6.62. The molecule has 3 nitrogen and oxygen atoms in total. The van der Waals surface area contributed by atoms with E-state index in [2.05, 4.69) is 18.0 Å². The molecular weight excluding hydrogens is 226 g/mol. The lowest BCUT2D eigenvalue weighted by atomic mass is 10.1. The van der Waals surface area contributed by atoms with Gasteiger partial charge in [-0.15, -0.1) is 0 Å². The van der Waals surface area contributed by atoms with Crippen LogP contribution >= 0.6 is 0 Å². The van der Waals surface area contributed by atoms with E-state index in [0.29, 0.717) is 0 Å². The third kappa shape index (κ3) is 5.52. The molecule has 0 bridgehead atoms. The second kappa shape index (κ2) is 8.11. The maximum Gasteiger partial charge on any atom is 0.123 e. The van der Waals surface area contributed by atoms with E-state index in [1.54, 1.807) is 7.11 Å². The fourth-order valence-corrected chi connectivity index (χ4v) is 2.02. The van der Waals surface area contributed by atoms with Gasteiger partial charge in [0.25, 0.3) is 0 Å². The highest BCUT2D eigenvalue weighted by atomic mass is 16.5. The third-order valence-electron chi connectivity index (χ3n) is 3.04. The Morgan fingerprint density at radius 1 is 1.28 bits per heavy atom. The van der Waals surface area contributed by atoms with Crippen molar-refractivity contribution in [3.05, 3.63) is 29.8 Å². The van der Waals surface area contributed by atoms with Crippen molar-refractivity contribution in [2.75, 3.05) is 20.7 Å². The standard InChI is InChI=1S/C15H25NO2/c1-13(17)8-6-7-11-16(2)12-14-9-4-5-10-15(14)18-3/h4-5,9-10,13,17H,6-8,11-12H2,1-3H3. The van der Waals surface area contributed by atoms with Crippen LogP contribution in [0.15, 0.2) is 24.3 Å². The normalized spacial score (nSPS) is 12.7. The summed E-state index contributed by atoms with van der Waals surface area (Å²) >= 11 is 0. The van der Waals surface area contributed by atoms with Gasteiger partial charge in [-0.05, 0) is 45.8 Å². The van der Waals surface area contributed by atoms with Crippen LogP contribution in [-0.4, -0.2) is 36.8 Å². The van der Waals surface area contributed by atoms with E-state index in [9.17, 15) is 5.11 Å². The molecule has 102 valence electrons. The van der Waals surface area contributed by atoms with Gasteiger partial charge in [0, 0.05) is 12.1 Å². The van der Waals surface area contributed by atoms with Crippen molar-refractivity contribution in [2.45, 2.75) is 38.8 Å². The number of methoxy groups -OCH3 is 1. The first-order valence-corrected chi connectivity index (χ1v) is 6.62. The summed E-state index contributed by atoms with van der Waals surface area (Å²) < 4.78 is 5.34. The van der Waals surface area contributed by atoms with Crippen LogP contribution in [0.25, 0.3) is 0 Å². The van der Waals surface area contributed by atoms with Gasteiger partial charge in [0.05, 0.1) is 13.2 Å². The lowest BCUT2D eigenvalue weighted by Gasteiger charge is -2.18. The van der Waals surface area contributed by atoms with E-state index in [1.807, 2.05) is 25.1 Å². The SMILES string of the molecule is COc1ccccc1CN(C)CCCCC(C)O. The molecule has 1 unspecified atom stereocenters. The Labute approximate surface area is 110 Å². The highest BCUT2D eigenvalue weighted by Crippen LogP contribution is 2.18. The molecule has 0 saturated carbocycles.